The smallest absolute Gasteiger partial charge is 0.233 e. The fourth-order valence-corrected chi connectivity index (χ4v) is 3.51. The van der Waals surface area contributed by atoms with Crippen LogP contribution in [0.2, 0.25) is 10.0 Å². The van der Waals surface area contributed by atoms with Crippen LogP contribution in [-0.4, -0.2) is 28.4 Å². The maximum Gasteiger partial charge on any atom is 0.233 e. The van der Waals surface area contributed by atoms with E-state index in [2.05, 4.69) is 0 Å². The van der Waals surface area contributed by atoms with Gasteiger partial charge in [0.2, 0.25) is 11.8 Å². The van der Waals surface area contributed by atoms with Gasteiger partial charge in [0.05, 0.1) is 24.5 Å². The molecule has 3 atom stereocenters. The van der Waals surface area contributed by atoms with Crippen LogP contribution in [0.1, 0.15) is 24.5 Å². The van der Waals surface area contributed by atoms with Crippen molar-refractivity contribution in [3.63, 3.8) is 0 Å². The van der Waals surface area contributed by atoms with E-state index < -0.39 is 6.10 Å². The number of nitrogens with zero attached hydrogens (tertiary/aromatic N) is 1. The van der Waals surface area contributed by atoms with E-state index in [0.29, 0.717) is 28.5 Å². The molecule has 1 aliphatic carbocycles. The van der Waals surface area contributed by atoms with Crippen LogP contribution in [0.4, 0.5) is 0 Å². The minimum absolute atomic E-state index is 0.0925. The molecule has 0 bridgehead atoms. The second-order valence-electron chi connectivity index (χ2n) is 5.62. The van der Waals surface area contributed by atoms with E-state index in [9.17, 15) is 14.7 Å². The lowest BCUT2D eigenvalue weighted by molar-refractivity contribution is -0.141. The quantitative estimate of drug-likeness (QED) is 0.680. The van der Waals surface area contributed by atoms with Crippen molar-refractivity contribution >= 4 is 35.0 Å². The van der Waals surface area contributed by atoms with Gasteiger partial charge in [-0.25, -0.2) is 0 Å². The molecule has 0 saturated carbocycles. The first kappa shape index (κ1) is 15.5. The minimum atomic E-state index is -1.05. The van der Waals surface area contributed by atoms with Crippen molar-refractivity contribution in [3.8, 4) is 0 Å². The summed E-state index contributed by atoms with van der Waals surface area (Å²) in [5.74, 6) is -1.01. The van der Waals surface area contributed by atoms with Gasteiger partial charge in [-0.05, 0) is 31.0 Å². The largest absolute Gasteiger partial charge is 0.386 e. The van der Waals surface area contributed by atoms with Gasteiger partial charge in [-0.3, -0.25) is 14.5 Å². The number of carbonyl (C=O) groups excluding carboxylic acids is 2. The summed E-state index contributed by atoms with van der Waals surface area (Å²) in [6.07, 6.45) is 3.98. The Morgan fingerprint density at radius 1 is 1.14 bits per heavy atom. The molecule has 0 aromatic heterocycles. The van der Waals surface area contributed by atoms with Crippen molar-refractivity contribution < 1.29 is 14.7 Å². The molecule has 0 unspecified atom stereocenters. The summed E-state index contributed by atoms with van der Waals surface area (Å²) in [5.41, 5.74) is 0.419. The highest BCUT2D eigenvalue weighted by atomic mass is 35.5. The number of hydrogen-bond acceptors (Lipinski definition) is 3. The third kappa shape index (κ3) is 2.67. The number of carbonyl (C=O) groups is 2. The molecule has 0 radical (unpaired) electrons. The zero-order valence-corrected chi connectivity index (χ0v) is 13.2. The molecule has 6 heteroatoms. The highest BCUT2D eigenvalue weighted by Crippen LogP contribution is 2.36. The molecule has 0 spiro atoms. The van der Waals surface area contributed by atoms with Crippen molar-refractivity contribution in [3.05, 3.63) is 46.0 Å². The summed E-state index contributed by atoms with van der Waals surface area (Å²) in [5, 5.41) is 11.1. The van der Waals surface area contributed by atoms with Crippen LogP contribution in [0.25, 0.3) is 0 Å². The second kappa shape index (κ2) is 6.03. The zero-order valence-electron chi connectivity index (χ0n) is 11.7. The Morgan fingerprint density at radius 3 is 2.32 bits per heavy atom. The maximum absolute atomic E-state index is 12.4. The van der Waals surface area contributed by atoms with Crippen LogP contribution in [0.5, 0.6) is 0 Å². The molecule has 1 saturated heterocycles. The van der Waals surface area contributed by atoms with Crippen LogP contribution in [0, 0.1) is 11.8 Å². The normalized spacial score (nSPS) is 25.5. The lowest BCUT2D eigenvalue weighted by Crippen LogP contribution is -2.35. The topological polar surface area (TPSA) is 57.6 Å². The molecular formula is C16H15Cl2NO3. The molecule has 2 amide bonds. The molecule has 22 heavy (non-hydrogen) atoms. The Bertz CT molecular complexity index is 633. The summed E-state index contributed by atoms with van der Waals surface area (Å²) in [6, 6.07) is 4.75. The Morgan fingerprint density at radius 2 is 1.73 bits per heavy atom. The number of fused-ring (bicyclic) bond motifs is 1. The predicted octanol–water partition coefficient (Wildman–Crippen LogP) is 2.98. The van der Waals surface area contributed by atoms with Gasteiger partial charge in [-0.2, -0.15) is 0 Å². The number of rotatable bonds is 3. The molecule has 3 rings (SSSR count). The third-order valence-electron chi connectivity index (χ3n) is 4.27. The van der Waals surface area contributed by atoms with Crippen molar-refractivity contribution in [1.82, 2.24) is 4.90 Å². The number of benzene rings is 1. The molecule has 116 valence electrons. The van der Waals surface area contributed by atoms with E-state index in [1.165, 1.54) is 0 Å². The number of imide groups is 1. The van der Waals surface area contributed by atoms with Gasteiger partial charge in [-0.1, -0.05) is 35.4 Å². The zero-order chi connectivity index (χ0) is 15.9. The highest BCUT2D eigenvalue weighted by molar-refractivity contribution is 6.33. The number of halogens is 2. The van der Waals surface area contributed by atoms with Crippen LogP contribution < -0.4 is 0 Å². The Hall–Kier alpha value is -1.36. The molecule has 4 nitrogen and oxygen atoms in total. The van der Waals surface area contributed by atoms with Gasteiger partial charge < -0.3 is 5.11 Å². The highest BCUT2D eigenvalue weighted by Gasteiger charge is 2.47. The molecule has 1 aliphatic heterocycles. The van der Waals surface area contributed by atoms with E-state index in [1.54, 1.807) is 18.2 Å². The standard InChI is InChI=1S/C16H15Cl2NO3/c17-9-5-6-13(18)12(7-9)14(20)8-19-15(21)10-3-1-2-4-11(10)16(19)22/h1-2,5-7,10-11,14,20H,3-4,8H2/t10-,11+,14-/m1/s1. The van der Waals surface area contributed by atoms with E-state index >= 15 is 0 Å². The van der Waals surface area contributed by atoms with Crippen LogP contribution in [0.15, 0.2) is 30.4 Å². The van der Waals surface area contributed by atoms with Gasteiger partial charge in [0.25, 0.3) is 0 Å². The van der Waals surface area contributed by atoms with Crippen LogP contribution in [-0.2, 0) is 9.59 Å². The first-order chi connectivity index (χ1) is 10.5. The van der Waals surface area contributed by atoms with Gasteiger partial charge in [0.1, 0.15) is 0 Å². The number of β-amino-alcohol motifs (C(OH)–C–C–N with tert-alkyl or cyclic N) is 1. The van der Waals surface area contributed by atoms with Gasteiger partial charge in [0, 0.05) is 15.6 Å². The molecule has 1 N–H and O–H groups in total. The average molecular weight is 340 g/mol. The number of allylic oxidation sites excluding steroid dienone is 2. The molecular weight excluding hydrogens is 325 g/mol. The van der Waals surface area contributed by atoms with Gasteiger partial charge in [0.15, 0.2) is 0 Å². The average Bonchev–Trinajstić information content (AvgIpc) is 2.75. The first-order valence-corrected chi connectivity index (χ1v) is 7.88. The summed E-state index contributed by atoms with van der Waals surface area (Å²) in [4.78, 5) is 25.9. The summed E-state index contributed by atoms with van der Waals surface area (Å²) < 4.78 is 0. The lowest BCUT2D eigenvalue weighted by Gasteiger charge is -2.20. The monoisotopic (exact) mass is 339 g/mol. The van der Waals surface area contributed by atoms with Crippen molar-refractivity contribution in [2.45, 2.75) is 18.9 Å². The van der Waals surface area contributed by atoms with Gasteiger partial charge in [-0.15, -0.1) is 0 Å². The Kier molecular flexibility index (Phi) is 4.26. The minimum Gasteiger partial charge on any atom is -0.386 e. The fourth-order valence-electron chi connectivity index (χ4n) is 3.09. The fraction of sp³-hybridized carbons (Fsp3) is 0.375. The third-order valence-corrected chi connectivity index (χ3v) is 4.85. The summed E-state index contributed by atoms with van der Waals surface area (Å²) >= 11 is 12.0. The van der Waals surface area contributed by atoms with E-state index in [-0.39, 0.29) is 30.2 Å². The second-order valence-corrected chi connectivity index (χ2v) is 6.47. The Balaban J connectivity index is 1.79. The molecule has 1 heterocycles. The van der Waals surface area contributed by atoms with E-state index in [0.717, 1.165) is 4.90 Å². The number of hydrogen-bond donors (Lipinski definition) is 1. The first-order valence-electron chi connectivity index (χ1n) is 7.12. The molecule has 1 fully saturated rings. The lowest BCUT2D eigenvalue weighted by atomic mass is 9.85. The predicted molar refractivity (Wildman–Crippen MR) is 83.5 cm³/mol. The van der Waals surface area contributed by atoms with Gasteiger partial charge >= 0.3 is 0 Å². The van der Waals surface area contributed by atoms with Crippen molar-refractivity contribution in [2.75, 3.05) is 6.54 Å². The maximum atomic E-state index is 12.4. The SMILES string of the molecule is O=C1[C@H]2CC=CC[C@H]2C(=O)N1C[C@@H](O)c1cc(Cl)ccc1Cl. The van der Waals surface area contributed by atoms with Crippen LogP contribution in [0.3, 0.4) is 0 Å². The molecule has 2 aliphatic rings. The van der Waals surface area contributed by atoms with E-state index in [4.69, 9.17) is 23.2 Å². The van der Waals surface area contributed by atoms with Crippen LogP contribution >= 0.6 is 23.2 Å². The number of amides is 2. The van der Waals surface area contributed by atoms with Crippen molar-refractivity contribution in [1.29, 1.82) is 0 Å². The van der Waals surface area contributed by atoms with E-state index in [1.807, 2.05) is 12.2 Å². The summed E-state index contributed by atoms with van der Waals surface area (Å²) in [6.45, 7) is -0.0925. The number of aliphatic hydroxyl groups is 1. The number of aliphatic hydroxyl groups excluding tert-OH is 1. The molecule has 1 aromatic rings. The molecule has 1 aromatic carbocycles. The number of likely N-dealkylation sites (tertiary alicyclic amines) is 1. The Labute approximate surface area is 138 Å². The summed E-state index contributed by atoms with van der Waals surface area (Å²) in [7, 11) is 0. The van der Waals surface area contributed by atoms with Crippen molar-refractivity contribution in [2.24, 2.45) is 11.8 Å².